The van der Waals surface area contributed by atoms with Gasteiger partial charge in [-0.2, -0.15) is 5.26 Å². The Balaban J connectivity index is 2.67. The van der Waals surface area contributed by atoms with Gasteiger partial charge in [-0.3, -0.25) is 4.90 Å². The monoisotopic (exact) mass is 240 g/mol. The fourth-order valence-corrected chi connectivity index (χ4v) is 1.65. The number of hydrogen-bond donors (Lipinski definition) is 0. The van der Waals surface area contributed by atoms with Crippen molar-refractivity contribution in [1.82, 2.24) is 4.90 Å². The van der Waals surface area contributed by atoms with Crippen molar-refractivity contribution in [2.45, 2.75) is 38.6 Å². The molecule has 2 heteroatoms. The van der Waals surface area contributed by atoms with Crippen LogP contribution in [-0.4, -0.2) is 18.0 Å². The highest BCUT2D eigenvalue weighted by molar-refractivity contribution is 5.21. The highest BCUT2D eigenvalue weighted by Gasteiger charge is 2.10. The lowest BCUT2D eigenvalue weighted by molar-refractivity contribution is 0.408. The van der Waals surface area contributed by atoms with Crippen molar-refractivity contribution in [1.29, 1.82) is 5.26 Å². The molecule has 0 bridgehead atoms. The average molecular weight is 240 g/mol. The van der Waals surface area contributed by atoms with Gasteiger partial charge in [-0.1, -0.05) is 49.6 Å². The van der Waals surface area contributed by atoms with Gasteiger partial charge in [-0.15, -0.1) is 5.92 Å². The Morgan fingerprint density at radius 3 is 2.61 bits per heavy atom. The van der Waals surface area contributed by atoms with Gasteiger partial charge in [0.2, 0.25) is 0 Å². The third-order valence-corrected chi connectivity index (χ3v) is 2.82. The van der Waals surface area contributed by atoms with Crippen LogP contribution in [0.2, 0.25) is 0 Å². The number of nitrogens with zero attached hydrogens (tertiary/aromatic N) is 2. The molecule has 0 amide bonds. The van der Waals surface area contributed by atoms with Crippen LogP contribution in [0.4, 0.5) is 0 Å². The third kappa shape index (κ3) is 4.93. The summed E-state index contributed by atoms with van der Waals surface area (Å²) >= 11 is 0. The fourth-order valence-electron chi connectivity index (χ4n) is 1.65. The fraction of sp³-hybridized carbons (Fsp3) is 0.438. The number of benzene rings is 1. The Kier molecular flexibility index (Phi) is 6.44. The maximum atomic E-state index is 8.99. The van der Waals surface area contributed by atoms with Crippen LogP contribution in [0.3, 0.4) is 0 Å². The molecule has 0 aliphatic heterocycles. The first-order valence-electron chi connectivity index (χ1n) is 6.42. The van der Waals surface area contributed by atoms with Gasteiger partial charge in [0.15, 0.2) is 6.19 Å². The summed E-state index contributed by atoms with van der Waals surface area (Å²) in [6.45, 7) is 2.16. The summed E-state index contributed by atoms with van der Waals surface area (Å²) in [5.74, 6) is 6.39. The van der Waals surface area contributed by atoms with Gasteiger partial charge in [0, 0.05) is 19.9 Å². The van der Waals surface area contributed by atoms with E-state index in [4.69, 9.17) is 5.26 Å². The molecule has 0 N–H and O–H groups in total. The summed E-state index contributed by atoms with van der Waals surface area (Å²) in [6, 6.07) is 10.2. The van der Waals surface area contributed by atoms with Crippen LogP contribution in [0.25, 0.3) is 0 Å². The van der Waals surface area contributed by atoms with E-state index in [-0.39, 0.29) is 6.04 Å². The smallest absolute Gasteiger partial charge is 0.180 e. The summed E-state index contributed by atoms with van der Waals surface area (Å²) < 4.78 is 0. The van der Waals surface area contributed by atoms with Gasteiger partial charge in [-0.25, -0.2) is 0 Å². The molecule has 18 heavy (non-hydrogen) atoms. The maximum Gasteiger partial charge on any atom is 0.180 e. The van der Waals surface area contributed by atoms with Crippen LogP contribution in [0.15, 0.2) is 30.3 Å². The highest BCUT2D eigenvalue weighted by atomic mass is 15.1. The highest BCUT2D eigenvalue weighted by Crippen LogP contribution is 2.07. The molecule has 0 fully saturated rings. The molecular weight excluding hydrogens is 220 g/mol. The molecular formula is C16H20N2. The lowest BCUT2D eigenvalue weighted by atomic mass is 10.1. The zero-order valence-corrected chi connectivity index (χ0v) is 11.2. The summed E-state index contributed by atoms with van der Waals surface area (Å²) in [4.78, 5) is 1.63. The minimum atomic E-state index is -0.0192. The van der Waals surface area contributed by atoms with Crippen LogP contribution in [-0.2, 0) is 6.42 Å². The lowest BCUT2D eigenvalue weighted by Gasteiger charge is -2.17. The quantitative estimate of drug-likeness (QED) is 0.342. The van der Waals surface area contributed by atoms with Crippen LogP contribution in [0.1, 0.15) is 31.7 Å². The first-order valence-corrected chi connectivity index (χ1v) is 6.42. The van der Waals surface area contributed by atoms with Gasteiger partial charge in [0.05, 0.1) is 0 Å². The van der Waals surface area contributed by atoms with E-state index in [1.165, 1.54) is 5.56 Å². The molecule has 0 radical (unpaired) electrons. The molecule has 1 aromatic rings. The first-order chi connectivity index (χ1) is 8.77. The molecule has 1 aromatic carbocycles. The maximum absolute atomic E-state index is 8.99. The molecule has 0 saturated heterocycles. The van der Waals surface area contributed by atoms with E-state index < -0.39 is 0 Å². The Hall–Kier alpha value is -1.93. The summed E-state index contributed by atoms with van der Waals surface area (Å²) in [5.41, 5.74) is 1.22. The molecule has 0 spiro atoms. The summed E-state index contributed by atoms with van der Waals surface area (Å²) in [7, 11) is 1.79. The molecule has 0 aromatic heterocycles. The van der Waals surface area contributed by atoms with Crippen molar-refractivity contribution in [2.75, 3.05) is 7.05 Å². The van der Waals surface area contributed by atoms with Crippen molar-refractivity contribution >= 4 is 0 Å². The largest absolute Gasteiger partial charge is 0.299 e. The zero-order valence-electron chi connectivity index (χ0n) is 11.2. The van der Waals surface area contributed by atoms with Crippen LogP contribution in [0.5, 0.6) is 0 Å². The van der Waals surface area contributed by atoms with E-state index in [0.29, 0.717) is 0 Å². The second-order valence-electron chi connectivity index (χ2n) is 4.34. The van der Waals surface area contributed by atoms with E-state index >= 15 is 0 Å². The Bertz CT molecular complexity index is 434. The molecule has 94 valence electrons. The van der Waals surface area contributed by atoms with Gasteiger partial charge in [-0.05, 0) is 12.0 Å². The molecule has 0 heterocycles. The molecule has 0 aliphatic carbocycles. The Labute approximate surface area is 110 Å². The topological polar surface area (TPSA) is 27.0 Å². The predicted molar refractivity (Wildman–Crippen MR) is 74.6 cm³/mol. The number of hydrogen-bond acceptors (Lipinski definition) is 2. The summed E-state index contributed by atoms with van der Waals surface area (Å²) in [5, 5.41) is 8.99. The molecule has 1 rings (SSSR count). The van der Waals surface area contributed by atoms with Gasteiger partial charge in [0.25, 0.3) is 0 Å². The van der Waals surface area contributed by atoms with Crippen molar-refractivity contribution in [3.8, 4) is 18.0 Å². The average Bonchev–Trinajstić information content (AvgIpc) is 2.42. The van der Waals surface area contributed by atoms with Crippen molar-refractivity contribution in [3.05, 3.63) is 35.9 Å². The third-order valence-electron chi connectivity index (χ3n) is 2.82. The van der Waals surface area contributed by atoms with Crippen LogP contribution < -0.4 is 0 Å². The van der Waals surface area contributed by atoms with E-state index in [0.717, 1.165) is 25.7 Å². The second kappa shape index (κ2) is 8.20. The minimum absolute atomic E-state index is 0.0192. The van der Waals surface area contributed by atoms with Crippen LogP contribution >= 0.6 is 0 Å². The number of unbranched alkanes of at least 4 members (excludes halogenated alkanes) is 2. The number of rotatable bonds is 5. The summed E-state index contributed by atoms with van der Waals surface area (Å²) in [6.07, 6.45) is 6.16. The zero-order chi connectivity index (χ0) is 13.2. The molecule has 1 unspecified atom stereocenters. The molecule has 2 nitrogen and oxygen atoms in total. The van der Waals surface area contributed by atoms with E-state index in [1.807, 2.05) is 18.2 Å². The number of nitriles is 1. The predicted octanol–water partition coefficient (Wildman–Crippen LogP) is 3.20. The van der Waals surface area contributed by atoms with Crippen LogP contribution in [0, 0.1) is 23.3 Å². The van der Waals surface area contributed by atoms with Crippen molar-refractivity contribution in [2.24, 2.45) is 0 Å². The molecule has 1 atom stereocenters. The normalized spacial score (nSPS) is 10.9. The Morgan fingerprint density at radius 1 is 1.28 bits per heavy atom. The lowest BCUT2D eigenvalue weighted by Crippen LogP contribution is -2.28. The van der Waals surface area contributed by atoms with E-state index in [1.54, 1.807) is 11.9 Å². The van der Waals surface area contributed by atoms with Crippen molar-refractivity contribution in [3.63, 3.8) is 0 Å². The van der Waals surface area contributed by atoms with Crippen molar-refractivity contribution < 1.29 is 0 Å². The Morgan fingerprint density at radius 2 is 2.00 bits per heavy atom. The molecule has 0 saturated carbocycles. The number of likely N-dealkylation sites (N-methyl/N-ethyl adjacent to an activating group) is 1. The minimum Gasteiger partial charge on any atom is -0.299 e. The van der Waals surface area contributed by atoms with Gasteiger partial charge >= 0.3 is 0 Å². The first kappa shape index (κ1) is 14.1. The van der Waals surface area contributed by atoms with E-state index in [9.17, 15) is 0 Å². The molecule has 0 aliphatic rings. The van der Waals surface area contributed by atoms with Gasteiger partial charge < -0.3 is 0 Å². The second-order valence-corrected chi connectivity index (χ2v) is 4.34. The standard InChI is InChI=1S/C16H20N2/c1-3-4-5-9-12-16(18(2)14-17)13-15-10-7-6-8-11-15/h6-8,10-11,16H,3-5,13H2,1-2H3. The van der Waals surface area contributed by atoms with E-state index in [2.05, 4.69) is 37.1 Å². The SMILES string of the molecule is CCCCC#CC(Cc1ccccc1)N(C)C#N. The van der Waals surface area contributed by atoms with Gasteiger partial charge in [0.1, 0.15) is 6.04 Å².